The number of hydrogen-bond donors (Lipinski definition) is 0. The van der Waals surface area contributed by atoms with Crippen LogP contribution in [0.4, 0.5) is 0 Å². The largest absolute Gasteiger partial charge is 0.244 e. The van der Waals surface area contributed by atoms with Crippen molar-refractivity contribution in [2.75, 3.05) is 13.1 Å². The van der Waals surface area contributed by atoms with Gasteiger partial charge < -0.3 is 0 Å². The predicted octanol–water partition coefficient (Wildman–Crippen LogP) is 4.50. The molecular weight excluding hydrogens is 372 g/mol. The maximum atomic E-state index is 13.1. The summed E-state index contributed by atoms with van der Waals surface area (Å²) in [5.41, 5.74) is 0.163. The number of hydrogen-bond acceptors (Lipinski definition) is 5. The Balaban J connectivity index is 2.76. The average Bonchev–Trinajstić information content (AvgIpc) is 2.71. The van der Waals surface area contributed by atoms with Gasteiger partial charge in [-0.1, -0.05) is 37.8 Å². The summed E-state index contributed by atoms with van der Waals surface area (Å²) < 4.78 is 27.8. The van der Waals surface area contributed by atoms with Gasteiger partial charge in [-0.25, -0.2) is 8.42 Å². The van der Waals surface area contributed by atoms with E-state index in [9.17, 15) is 13.7 Å². The van der Waals surface area contributed by atoms with Gasteiger partial charge in [0.1, 0.15) is 6.07 Å². The van der Waals surface area contributed by atoms with Gasteiger partial charge in [0.2, 0.25) is 10.0 Å². The Kier molecular flexibility index (Phi) is 11.6. The molecular formula is C21H28N4O2S. The molecule has 0 heterocycles. The third kappa shape index (κ3) is 8.09. The first kappa shape index (κ1) is 23.6. The number of rotatable bonds is 14. The molecule has 0 N–H and O–H groups in total. The van der Waals surface area contributed by atoms with Crippen LogP contribution in [0.3, 0.4) is 0 Å². The molecule has 0 fully saturated rings. The van der Waals surface area contributed by atoms with Gasteiger partial charge >= 0.3 is 0 Å². The average molecular weight is 401 g/mol. The Morgan fingerprint density at radius 1 is 0.750 bits per heavy atom. The maximum absolute atomic E-state index is 13.1. The Hall–Kier alpha value is -2.40. The molecule has 0 atom stereocenters. The lowest BCUT2D eigenvalue weighted by atomic mass is 10.1. The third-order valence-electron chi connectivity index (χ3n) is 4.52. The topological polar surface area (TPSA) is 109 Å². The number of nitrogens with zero attached hydrogens (tertiary/aromatic N) is 4. The molecule has 0 aromatic heterocycles. The summed E-state index contributed by atoms with van der Waals surface area (Å²) in [5.74, 6) is 0. The van der Waals surface area contributed by atoms with Gasteiger partial charge in [0.25, 0.3) is 0 Å². The molecule has 0 radical (unpaired) electrons. The monoisotopic (exact) mass is 400 g/mol. The van der Waals surface area contributed by atoms with Crippen molar-refractivity contribution in [1.29, 1.82) is 15.8 Å². The van der Waals surface area contributed by atoms with E-state index in [0.29, 0.717) is 25.9 Å². The van der Waals surface area contributed by atoms with Crippen LogP contribution in [0.25, 0.3) is 0 Å². The van der Waals surface area contributed by atoms with Crippen LogP contribution in [0.1, 0.15) is 69.8 Å². The zero-order valence-corrected chi connectivity index (χ0v) is 17.1. The van der Waals surface area contributed by atoms with Gasteiger partial charge in [-0.15, -0.1) is 0 Å². The summed E-state index contributed by atoms with van der Waals surface area (Å²) in [6, 6.07) is 12.5. The SMILES string of the molecule is N#CCCCCCCN(CCCCCCC#N)S(=O)(=O)c1ccccc1C#N. The Morgan fingerprint density at radius 2 is 1.25 bits per heavy atom. The van der Waals surface area contributed by atoms with Gasteiger partial charge in [0.15, 0.2) is 0 Å². The number of sulfonamides is 1. The minimum Gasteiger partial charge on any atom is -0.207 e. The van der Waals surface area contributed by atoms with Crippen LogP contribution in [0.15, 0.2) is 29.2 Å². The van der Waals surface area contributed by atoms with Crippen LogP contribution in [0.2, 0.25) is 0 Å². The number of benzene rings is 1. The van der Waals surface area contributed by atoms with E-state index in [2.05, 4.69) is 12.1 Å². The maximum Gasteiger partial charge on any atom is 0.244 e. The van der Waals surface area contributed by atoms with Crippen LogP contribution in [-0.2, 0) is 10.0 Å². The number of unbranched alkanes of at least 4 members (excludes halogenated alkanes) is 8. The molecule has 0 bridgehead atoms. The minimum absolute atomic E-state index is 0.0615. The second-order valence-electron chi connectivity index (χ2n) is 6.66. The third-order valence-corrected chi connectivity index (χ3v) is 6.47. The summed E-state index contributed by atoms with van der Waals surface area (Å²) in [4.78, 5) is 0.0615. The molecule has 0 amide bonds. The molecule has 0 aliphatic rings. The summed E-state index contributed by atoms with van der Waals surface area (Å²) in [7, 11) is -3.73. The van der Waals surface area contributed by atoms with Crippen LogP contribution in [0, 0.1) is 34.0 Å². The van der Waals surface area contributed by atoms with Crippen LogP contribution in [0.5, 0.6) is 0 Å². The van der Waals surface area contributed by atoms with Crippen molar-refractivity contribution in [1.82, 2.24) is 4.31 Å². The van der Waals surface area contributed by atoms with Crippen molar-refractivity contribution < 1.29 is 8.42 Å². The molecule has 6 nitrogen and oxygen atoms in total. The first-order valence-corrected chi connectivity index (χ1v) is 11.2. The molecule has 7 heteroatoms. The van der Waals surface area contributed by atoms with E-state index in [-0.39, 0.29) is 10.5 Å². The highest BCUT2D eigenvalue weighted by molar-refractivity contribution is 7.89. The van der Waals surface area contributed by atoms with Crippen LogP contribution < -0.4 is 0 Å². The lowest BCUT2D eigenvalue weighted by Gasteiger charge is -2.23. The van der Waals surface area contributed by atoms with E-state index < -0.39 is 10.0 Å². The van der Waals surface area contributed by atoms with Gasteiger partial charge in [-0.05, 0) is 37.8 Å². The Labute approximate surface area is 169 Å². The molecule has 150 valence electrons. The van der Waals surface area contributed by atoms with Crippen molar-refractivity contribution >= 4 is 10.0 Å². The van der Waals surface area contributed by atoms with Crippen molar-refractivity contribution in [3.63, 3.8) is 0 Å². The highest BCUT2D eigenvalue weighted by Crippen LogP contribution is 2.21. The van der Waals surface area contributed by atoms with Crippen LogP contribution in [-0.4, -0.2) is 25.8 Å². The van der Waals surface area contributed by atoms with E-state index in [1.165, 1.54) is 16.4 Å². The lowest BCUT2D eigenvalue weighted by molar-refractivity contribution is 0.385. The van der Waals surface area contributed by atoms with Gasteiger partial charge in [-0.2, -0.15) is 20.1 Å². The van der Waals surface area contributed by atoms with Gasteiger partial charge in [0.05, 0.1) is 22.6 Å². The molecule has 0 saturated heterocycles. The fraction of sp³-hybridized carbons (Fsp3) is 0.571. The summed E-state index contributed by atoms with van der Waals surface area (Å²) >= 11 is 0. The summed E-state index contributed by atoms with van der Waals surface area (Å²) in [5, 5.41) is 26.4. The summed E-state index contributed by atoms with van der Waals surface area (Å²) in [6.45, 7) is 0.819. The molecule has 1 aromatic rings. The van der Waals surface area contributed by atoms with Crippen LogP contribution >= 0.6 is 0 Å². The zero-order valence-electron chi connectivity index (χ0n) is 16.3. The zero-order chi connectivity index (χ0) is 20.7. The predicted molar refractivity (Wildman–Crippen MR) is 107 cm³/mol. The number of nitriles is 3. The molecule has 0 unspecified atom stereocenters. The molecule has 1 rings (SSSR count). The second kappa shape index (κ2) is 13.7. The van der Waals surface area contributed by atoms with E-state index in [4.69, 9.17) is 10.5 Å². The first-order valence-electron chi connectivity index (χ1n) is 9.81. The first-order chi connectivity index (χ1) is 13.6. The molecule has 0 aliphatic carbocycles. The van der Waals surface area contributed by atoms with Gasteiger partial charge in [-0.3, -0.25) is 0 Å². The standard InChI is InChI=1S/C21H28N4O2S/c22-15-9-3-1-5-11-17-25(18-12-6-2-4-10-16-23)28(26,27)21-14-8-7-13-20(21)19-24/h7-8,13-14H,1-6,9-12,17-18H2. The van der Waals surface area contributed by atoms with Crippen molar-refractivity contribution in [3.05, 3.63) is 29.8 Å². The van der Waals surface area contributed by atoms with Crippen molar-refractivity contribution in [2.24, 2.45) is 0 Å². The van der Waals surface area contributed by atoms with E-state index in [1.54, 1.807) is 12.1 Å². The van der Waals surface area contributed by atoms with E-state index >= 15 is 0 Å². The molecule has 28 heavy (non-hydrogen) atoms. The minimum atomic E-state index is -3.73. The quantitative estimate of drug-likeness (QED) is 0.427. The Bertz CT molecular complexity index is 790. The normalized spacial score (nSPS) is 10.9. The highest BCUT2D eigenvalue weighted by atomic mass is 32.2. The Morgan fingerprint density at radius 3 is 1.75 bits per heavy atom. The van der Waals surface area contributed by atoms with E-state index in [0.717, 1.165) is 51.4 Å². The smallest absolute Gasteiger partial charge is 0.207 e. The van der Waals surface area contributed by atoms with Gasteiger partial charge in [0, 0.05) is 25.9 Å². The van der Waals surface area contributed by atoms with E-state index in [1.807, 2.05) is 6.07 Å². The lowest BCUT2D eigenvalue weighted by Crippen LogP contribution is -2.33. The van der Waals surface area contributed by atoms with Crippen molar-refractivity contribution in [2.45, 2.75) is 69.1 Å². The summed E-state index contributed by atoms with van der Waals surface area (Å²) in [6.07, 6.45) is 7.74. The molecule has 0 spiro atoms. The molecule has 0 aliphatic heterocycles. The van der Waals surface area contributed by atoms with Crippen molar-refractivity contribution in [3.8, 4) is 18.2 Å². The fourth-order valence-electron chi connectivity index (χ4n) is 2.97. The molecule has 0 saturated carbocycles. The molecule has 1 aromatic carbocycles. The highest BCUT2D eigenvalue weighted by Gasteiger charge is 2.26. The second-order valence-corrected chi connectivity index (χ2v) is 8.56. The fourth-order valence-corrected chi connectivity index (χ4v) is 4.63.